The van der Waals surface area contributed by atoms with Crippen molar-refractivity contribution in [1.29, 1.82) is 0 Å². The van der Waals surface area contributed by atoms with E-state index in [4.69, 9.17) is 9.47 Å². The highest BCUT2D eigenvalue weighted by molar-refractivity contribution is 5.79. The molecule has 0 atom stereocenters. The second-order valence-electron chi connectivity index (χ2n) is 5.04. The maximum atomic E-state index is 5.44. The summed E-state index contributed by atoms with van der Waals surface area (Å²) >= 11 is 0. The van der Waals surface area contributed by atoms with E-state index in [9.17, 15) is 0 Å². The Labute approximate surface area is 134 Å². The third-order valence-electron chi connectivity index (χ3n) is 3.10. The van der Waals surface area contributed by atoms with Crippen LogP contribution in [-0.2, 0) is 16.0 Å². The van der Waals surface area contributed by atoms with E-state index in [0.29, 0.717) is 19.8 Å². The van der Waals surface area contributed by atoms with Gasteiger partial charge in [0.25, 0.3) is 0 Å². The molecular weight excluding hydrogens is 278 g/mol. The summed E-state index contributed by atoms with van der Waals surface area (Å²) in [5.74, 6) is 0.934. The fourth-order valence-corrected chi connectivity index (χ4v) is 2.00. The van der Waals surface area contributed by atoms with Gasteiger partial charge in [-0.25, -0.2) is 0 Å². The molecule has 0 aromatic heterocycles. The lowest BCUT2D eigenvalue weighted by Crippen LogP contribution is -2.38. The number of ether oxygens (including phenoxy) is 2. The number of benzene rings is 1. The molecule has 0 aliphatic carbocycles. The van der Waals surface area contributed by atoms with Gasteiger partial charge in [-0.2, -0.15) is 0 Å². The summed E-state index contributed by atoms with van der Waals surface area (Å²) in [7, 11) is 3.74. The summed E-state index contributed by atoms with van der Waals surface area (Å²) in [6, 6.07) is 10.4. The minimum atomic E-state index is 0.645. The van der Waals surface area contributed by atoms with Crippen molar-refractivity contribution in [2.24, 2.45) is 4.99 Å². The molecule has 0 amide bonds. The lowest BCUT2D eigenvalue weighted by Gasteiger charge is -2.22. The topological polar surface area (TPSA) is 46.1 Å². The maximum Gasteiger partial charge on any atom is 0.193 e. The van der Waals surface area contributed by atoms with Crippen molar-refractivity contribution in [3.8, 4) is 0 Å². The zero-order valence-electron chi connectivity index (χ0n) is 14.0. The minimum Gasteiger partial charge on any atom is -0.382 e. The largest absolute Gasteiger partial charge is 0.382 e. The Morgan fingerprint density at radius 1 is 1.18 bits per heavy atom. The summed E-state index contributed by atoms with van der Waals surface area (Å²) in [6.07, 6.45) is 0.914. The Morgan fingerprint density at radius 2 is 1.95 bits per heavy atom. The molecule has 124 valence electrons. The van der Waals surface area contributed by atoms with Gasteiger partial charge in [-0.1, -0.05) is 30.3 Å². The highest BCUT2D eigenvalue weighted by Gasteiger charge is 2.05. The maximum absolute atomic E-state index is 5.44. The van der Waals surface area contributed by atoms with Gasteiger partial charge in [0.1, 0.15) is 0 Å². The number of guanidine groups is 1. The van der Waals surface area contributed by atoms with Crippen LogP contribution in [0.15, 0.2) is 35.3 Å². The molecule has 0 saturated carbocycles. The van der Waals surface area contributed by atoms with E-state index in [1.54, 1.807) is 7.11 Å². The van der Waals surface area contributed by atoms with Crippen LogP contribution in [0.2, 0.25) is 0 Å². The first-order valence-electron chi connectivity index (χ1n) is 7.88. The van der Waals surface area contributed by atoms with Gasteiger partial charge in [0.05, 0.1) is 13.2 Å². The Kier molecular flexibility index (Phi) is 10.1. The number of aliphatic imine (C=N–C) groups is 1. The van der Waals surface area contributed by atoms with Gasteiger partial charge in [0, 0.05) is 40.4 Å². The number of methoxy groups -OCH3 is 1. The number of nitrogens with zero attached hydrogens (tertiary/aromatic N) is 2. The lowest BCUT2D eigenvalue weighted by molar-refractivity contribution is 0.0702. The van der Waals surface area contributed by atoms with Crippen LogP contribution in [0, 0.1) is 0 Å². The first-order valence-corrected chi connectivity index (χ1v) is 7.88. The fraction of sp³-hybridized carbons (Fsp3) is 0.588. The van der Waals surface area contributed by atoms with E-state index in [2.05, 4.69) is 53.4 Å². The van der Waals surface area contributed by atoms with Crippen molar-refractivity contribution in [3.63, 3.8) is 0 Å². The molecule has 1 N–H and O–H groups in total. The molecule has 1 aromatic carbocycles. The number of nitrogens with one attached hydrogen (secondary N) is 1. The van der Waals surface area contributed by atoms with Gasteiger partial charge in [-0.15, -0.1) is 0 Å². The minimum absolute atomic E-state index is 0.645. The first kappa shape index (κ1) is 18.5. The summed E-state index contributed by atoms with van der Waals surface area (Å²) in [5, 5.41) is 3.33. The first-order chi connectivity index (χ1) is 10.8. The van der Waals surface area contributed by atoms with Gasteiger partial charge in [-0.3, -0.25) is 4.99 Å². The van der Waals surface area contributed by atoms with Gasteiger partial charge in [-0.05, 0) is 18.9 Å². The van der Waals surface area contributed by atoms with Crippen LogP contribution in [0.4, 0.5) is 0 Å². The van der Waals surface area contributed by atoms with E-state index < -0.39 is 0 Å². The Bertz CT molecular complexity index is 410. The zero-order chi connectivity index (χ0) is 16.0. The SMILES string of the molecule is CCNC(=NCCCOCCOC)N(C)Cc1ccccc1. The van der Waals surface area contributed by atoms with Gasteiger partial charge >= 0.3 is 0 Å². The smallest absolute Gasteiger partial charge is 0.193 e. The van der Waals surface area contributed by atoms with Gasteiger partial charge < -0.3 is 19.7 Å². The van der Waals surface area contributed by atoms with Crippen LogP contribution >= 0.6 is 0 Å². The molecular formula is C17H29N3O2. The molecule has 0 aliphatic heterocycles. The van der Waals surface area contributed by atoms with Crippen LogP contribution in [0.25, 0.3) is 0 Å². The monoisotopic (exact) mass is 307 g/mol. The molecule has 0 saturated heterocycles. The summed E-state index contributed by atoms with van der Waals surface area (Å²) < 4.78 is 10.4. The molecule has 0 unspecified atom stereocenters. The van der Waals surface area contributed by atoms with E-state index in [1.165, 1.54) is 5.56 Å². The lowest BCUT2D eigenvalue weighted by atomic mass is 10.2. The van der Waals surface area contributed by atoms with Crippen LogP contribution in [-0.4, -0.2) is 57.9 Å². The van der Waals surface area contributed by atoms with Crippen LogP contribution in [0.1, 0.15) is 18.9 Å². The molecule has 0 aliphatic rings. The van der Waals surface area contributed by atoms with Crippen molar-refractivity contribution >= 4 is 5.96 Å². The molecule has 1 aromatic rings. The van der Waals surface area contributed by atoms with E-state index >= 15 is 0 Å². The van der Waals surface area contributed by atoms with E-state index in [0.717, 1.165) is 32.0 Å². The fourth-order valence-electron chi connectivity index (χ4n) is 2.00. The molecule has 0 fully saturated rings. The van der Waals surface area contributed by atoms with Crippen molar-refractivity contribution in [2.45, 2.75) is 19.9 Å². The highest BCUT2D eigenvalue weighted by Crippen LogP contribution is 2.03. The standard InChI is InChI=1S/C17H29N3O2/c1-4-18-17(19-11-8-12-22-14-13-21-3)20(2)15-16-9-6-5-7-10-16/h5-7,9-10H,4,8,11-15H2,1-3H3,(H,18,19). The summed E-state index contributed by atoms with van der Waals surface area (Å²) in [6.45, 7) is 6.56. The molecule has 1 rings (SSSR count). The Balaban J connectivity index is 2.37. The van der Waals surface area contributed by atoms with Crippen molar-refractivity contribution < 1.29 is 9.47 Å². The second-order valence-corrected chi connectivity index (χ2v) is 5.04. The molecule has 5 nitrogen and oxygen atoms in total. The molecule has 0 bridgehead atoms. The predicted octanol–water partition coefficient (Wildman–Crippen LogP) is 2.14. The Hall–Kier alpha value is -1.59. The molecule has 0 spiro atoms. The van der Waals surface area contributed by atoms with Crippen LogP contribution in [0.5, 0.6) is 0 Å². The summed E-state index contributed by atoms with van der Waals surface area (Å²) in [5.41, 5.74) is 1.28. The predicted molar refractivity (Wildman–Crippen MR) is 91.2 cm³/mol. The second kappa shape index (κ2) is 12.0. The molecule has 0 radical (unpaired) electrons. The molecule has 0 heterocycles. The molecule has 5 heteroatoms. The van der Waals surface area contributed by atoms with Gasteiger partial charge in [0.15, 0.2) is 5.96 Å². The van der Waals surface area contributed by atoms with Gasteiger partial charge in [0.2, 0.25) is 0 Å². The Morgan fingerprint density at radius 3 is 2.64 bits per heavy atom. The van der Waals surface area contributed by atoms with E-state index in [-0.39, 0.29) is 0 Å². The van der Waals surface area contributed by atoms with Crippen molar-refractivity contribution in [2.75, 3.05) is 47.1 Å². The quantitative estimate of drug-likeness (QED) is 0.409. The summed E-state index contributed by atoms with van der Waals surface area (Å²) in [4.78, 5) is 6.79. The average Bonchev–Trinajstić information content (AvgIpc) is 2.54. The highest BCUT2D eigenvalue weighted by atomic mass is 16.5. The van der Waals surface area contributed by atoms with Crippen molar-refractivity contribution in [1.82, 2.24) is 10.2 Å². The van der Waals surface area contributed by atoms with Crippen molar-refractivity contribution in [3.05, 3.63) is 35.9 Å². The third-order valence-corrected chi connectivity index (χ3v) is 3.10. The zero-order valence-corrected chi connectivity index (χ0v) is 14.0. The number of rotatable bonds is 10. The number of hydrogen-bond donors (Lipinski definition) is 1. The average molecular weight is 307 g/mol. The normalized spacial score (nSPS) is 11.5. The molecule has 22 heavy (non-hydrogen) atoms. The van der Waals surface area contributed by atoms with Crippen LogP contribution in [0.3, 0.4) is 0 Å². The third kappa shape index (κ3) is 8.00. The van der Waals surface area contributed by atoms with E-state index in [1.807, 2.05) is 6.07 Å². The van der Waals surface area contributed by atoms with Crippen LogP contribution < -0.4 is 5.32 Å². The number of hydrogen-bond acceptors (Lipinski definition) is 3.